The predicted molar refractivity (Wildman–Crippen MR) is 71.3 cm³/mol. The van der Waals surface area contributed by atoms with Crippen LogP contribution in [0.25, 0.3) is 0 Å². The summed E-state index contributed by atoms with van der Waals surface area (Å²) in [5.41, 5.74) is 0.999. The molecule has 1 fully saturated rings. The minimum atomic E-state index is -3.47. The maximum absolute atomic E-state index is 11.7. The van der Waals surface area contributed by atoms with E-state index in [2.05, 4.69) is 4.72 Å². The normalized spacial score (nSPS) is 17.1. The molecule has 1 atom stereocenters. The van der Waals surface area contributed by atoms with Gasteiger partial charge >= 0.3 is 5.97 Å². The lowest BCUT2D eigenvalue weighted by atomic mass is 10.1. The van der Waals surface area contributed by atoms with Crippen LogP contribution in [0.1, 0.15) is 24.8 Å². The molecule has 1 saturated carbocycles. The Morgan fingerprint density at radius 2 is 1.95 bits per heavy atom. The molecule has 0 amide bonds. The van der Waals surface area contributed by atoms with Crippen molar-refractivity contribution in [3.63, 3.8) is 0 Å². The first kappa shape index (κ1) is 14.0. The van der Waals surface area contributed by atoms with Crippen molar-refractivity contribution in [2.24, 2.45) is 0 Å². The van der Waals surface area contributed by atoms with Gasteiger partial charge in [-0.2, -0.15) is 0 Å². The van der Waals surface area contributed by atoms with Crippen molar-refractivity contribution in [1.29, 1.82) is 0 Å². The van der Waals surface area contributed by atoms with Gasteiger partial charge in [0.2, 0.25) is 10.0 Å². The van der Waals surface area contributed by atoms with Gasteiger partial charge in [0.15, 0.2) is 0 Å². The van der Waals surface area contributed by atoms with Crippen LogP contribution >= 0.6 is 0 Å². The van der Waals surface area contributed by atoms with E-state index in [1.165, 1.54) is 0 Å². The first-order valence-corrected chi connectivity index (χ1v) is 7.81. The third-order valence-corrected chi connectivity index (χ3v) is 5.09. The molecule has 0 heterocycles. The fourth-order valence-electron chi connectivity index (χ4n) is 1.86. The highest BCUT2D eigenvalue weighted by Crippen LogP contribution is 2.27. The van der Waals surface area contributed by atoms with Crippen LogP contribution in [0.2, 0.25) is 0 Å². The molecule has 0 aromatic heterocycles. The maximum Gasteiger partial charge on any atom is 0.321 e. The Balaban J connectivity index is 1.95. The van der Waals surface area contributed by atoms with Crippen molar-refractivity contribution in [3.05, 3.63) is 35.9 Å². The number of hydrogen-bond donors (Lipinski definition) is 2. The van der Waals surface area contributed by atoms with Gasteiger partial charge in [-0.3, -0.25) is 4.79 Å². The smallest absolute Gasteiger partial charge is 0.321 e. The van der Waals surface area contributed by atoms with Crippen LogP contribution in [0.4, 0.5) is 0 Å². The van der Waals surface area contributed by atoms with Gasteiger partial charge in [0.1, 0.15) is 6.04 Å². The van der Waals surface area contributed by atoms with Crippen LogP contribution < -0.4 is 4.72 Å². The van der Waals surface area contributed by atoms with Gasteiger partial charge in [0.25, 0.3) is 0 Å². The number of carboxylic acids is 1. The molecule has 104 valence electrons. The fourth-order valence-corrected chi connectivity index (χ4v) is 3.43. The summed E-state index contributed by atoms with van der Waals surface area (Å²) in [5, 5.41) is 8.69. The van der Waals surface area contributed by atoms with Crippen molar-refractivity contribution in [2.45, 2.75) is 37.0 Å². The molecule has 2 N–H and O–H groups in total. The van der Waals surface area contributed by atoms with Gasteiger partial charge in [0, 0.05) is 0 Å². The predicted octanol–water partition coefficient (Wildman–Crippen LogP) is 1.15. The second kappa shape index (κ2) is 5.71. The minimum absolute atomic E-state index is 0.255. The second-order valence-corrected chi connectivity index (χ2v) is 6.77. The zero-order valence-corrected chi connectivity index (χ0v) is 11.3. The Labute approximate surface area is 112 Å². The summed E-state index contributed by atoms with van der Waals surface area (Å²) in [4.78, 5) is 11.1. The van der Waals surface area contributed by atoms with E-state index in [-0.39, 0.29) is 6.42 Å². The Hall–Kier alpha value is -1.40. The highest BCUT2D eigenvalue weighted by Gasteiger charge is 2.38. The highest BCUT2D eigenvalue weighted by molar-refractivity contribution is 7.90. The average Bonchev–Trinajstić information content (AvgIpc) is 3.20. The lowest BCUT2D eigenvalue weighted by Gasteiger charge is -2.14. The van der Waals surface area contributed by atoms with E-state index < -0.39 is 27.3 Å². The lowest BCUT2D eigenvalue weighted by molar-refractivity contribution is -0.139. The van der Waals surface area contributed by atoms with Crippen molar-refractivity contribution in [2.75, 3.05) is 0 Å². The standard InChI is InChI=1S/C13H17NO4S/c15-13(16)12(14-19(17,18)11-7-8-11)9-6-10-4-2-1-3-5-10/h1-5,11-12,14H,6-9H2,(H,15,16)/t12-/m0/s1. The molecule has 2 rings (SSSR count). The fraction of sp³-hybridized carbons (Fsp3) is 0.462. The lowest BCUT2D eigenvalue weighted by Crippen LogP contribution is -2.42. The molecular weight excluding hydrogens is 266 g/mol. The summed E-state index contributed by atoms with van der Waals surface area (Å²) in [5.74, 6) is -1.12. The number of aryl methyl sites for hydroxylation is 1. The molecule has 0 saturated heterocycles. The van der Waals surface area contributed by atoms with Crippen molar-refractivity contribution in [3.8, 4) is 0 Å². The quantitative estimate of drug-likeness (QED) is 0.786. The summed E-state index contributed by atoms with van der Waals surface area (Å²) in [7, 11) is -3.47. The number of benzene rings is 1. The van der Waals surface area contributed by atoms with Gasteiger partial charge in [-0.1, -0.05) is 30.3 Å². The molecule has 0 unspecified atom stereocenters. The van der Waals surface area contributed by atoms with Crippen LogP contribution in [0, 0.1) is 0 Å². The number of carboxylic acid groups (broad SMARTS) is 1. The number of aliphatic carboxylic acids is 1. The molecular formula is C13H17NO4S. The van der Waals surface area contributed by atoms with Crippen LogP contribution in [-0.2, 0) is 21.2 Å². The van der Waals surface area contributed by atoms with E-state index in [4.69, 9.17) is 5.11 Å². The molecule has 0 radical (unpaired) electrons. The Morgan fingerprint density at radius 1 is 1.32 bits per heavy atom. The molecule has 6 heteroatoms. The Morgan fingerprint density at radius 3 is 2.47 bits per heavy atom. The topological polar surface area (TPSA) is 83.5 Å². The van der Waals surface area contributed by atoms with E-state index in [0.717, 1.165) is 5.56 Å². The third kappa shape index (κ3) is 4.04. The van der Waals surface area contributed by atoms with E-state index in [1.54, 1.807) is 0 Å². The second-order valence-electron chi connectivity index (χ2n) is 4.78. The number of sulfonamides is 1. The molecule has 1 aromatic rings. The average molecular weight is 283 g/mol. The highest BCUT2D eigenvalue weighted by atomic mass is 32.2. The number of hydrogen-bond acceptors (Lipinski definition) is 3. The molecule has 19 heavy (non-hydrogen) atoms. The van der Waals surface area contributed by atoms with Crippen molar-refractivity contribution in [1.82, 2.24) is 4.72 Å². The molecule has 1 aromatic carbocycles. The van der Waals surface area contributed by atoms with E-state index in [9.17, 15) is 13.2 Å². The largest absolute Gasteiger partial charge is 0.480 e. The number of nitrogens with one attached hydrogen (secondary N) is 1. The first-order valence-electron chi connectivity index (χ1n) is 6.27. The Kier molecular flexibility index (Phi) is 4.21. The van der Waals surface area contributed by atoms with E-state index >= 15 is 0 Å². The molecule has 5 nitrogen and oxygen atoms in total. The summed E-state index contributed by atoms with van der Waals surface area (Å²) in [6.45, 7) is 0. The van der Waals surface area contributed by atoms with Crippen LogP contribution in [0.5, 0.6) is 0 Å². The van der Waals surface area contributed by atoms with E-state index in [1.807, 2.05) is 30.3 Å². The summed E-state index contributed by atoms with van der Waals surface area (Å²) >= 11 is 0. The minimum Gasteiger partial charge on any atom is -0.480 e. The van der Waals surface area contributed by atoms with E-state index in [0.29, 0.717) is 19.3 Å². The molecule has 0 aliphatic heterocycles. The first-order chi connectivity index (χ1) is 8.99. The summed E-state index contributed by atoms with van der Waals surface area (Å²) in [6.07, 6.45) is 2.04. The van der Waals surface area contributed by atoms with Crippen molar-refractivity contribution >= 4 is 16.0 Å². The van der Waals surface area contributed by atoms with Gasteiger partial charge in [-0.25, -0.2) is 13.1 Å². The van der Waals surface area contributed by atoms with Gasteiger partial charge < -0.3 is 5.11 Å². The maximum atomic E-state index is 11.7. The van der Waals surface area contributed by atoms with Crippen molar-refractivity contribution < 1.29 is 18.3 Å². The summed E-state index contributed by atoms with van der Waals surface area (Å²) < 4.78 is 25.8. The molecule has 0 bridgehead atoms. The van der Waals surface area contributed by atoms with Crippen LogP contribution in [0.15, 0.2) is 30.3 Å². The zero-order valence-electron chi connectivity index (χ0n) is 10.5. The number of rotatable bonds is 7. The van der Waals surface area contributed by atoms with Gasteiger partial charge in [-0.05, 0) is 31.2 Å². The third-order valence-electron chi connectivity index (χ3n) is 3.13. The molecule has 0 spiro atoms. The molecule has 1 aliphatic carbocycles. The zero-order chi connectivity index (χ0) is 13.9. The monoisotopic (exact) mass is 283 g/mol. The SMILES string of the molecule is O=C(O)[C@H](CCc1ccccc1)NS(=O)(=O)C1CC1. The van der Waals surface area contributed by atoms with Crippen LogP contribution in [-0.4, -0.2) is 30.8 Å². The Bertz CT molecular complexity index is 537. The number of carbonyl (C=O) groups is 1. The van der Waals surface area contributed by atoms with Crippen LogP contribution in [0.3, 0.4) is 0 Å². The van der Waals surface area contributed by atoms with Gasteiger partial charge in [-0.15, -0.1) is 0 Å². The summed E-state index contributed by atoms with van der Waals surface area (Å²) in [6, 6.07) is 8.38. The molecule has 1 aliphatic rings. The van der Waals surface area contributed by atoms with Gasteiger partial charge in [0.05, 0.1) is 5.25 Å².